The number of fused-ring (bicyclic) bond motifs is 1. The summed E-state index contributed by atoms with van der Waals surface area (Å²) in [5.41, 5.74) is 4.88. The van der Waals surface area contributed by atoms with Crippen molar-refractivity contribution < 1.29 is 0 Å². The second-order valence-corrected chi connectivity index (χ2v) is 3.70. The molecule has 0 atom stereocenters. The van der Waals surface area contributed by atoms with Crippen LogP contribution in [0.25, 0.3) is 22.2 Å². The molecule has 0 fully saturated rings. The molecule has 92 valence electrons. The van der Waals surface area contributed by atoms with E-state index in [0.29, 0.717) is 0 Å². The van der Waals surface area contributed by atoms with Gasteiger partial charge >= 0.3 is 0 Å². The first-order valence-electron chi connectivity index (χ1n) is 6.05. The van der Waals surface area contributed by atoms with Gasteiger partial charge in [0.15, 0.2) is 0 Å². The van der Waals surface area contributed by atoms with Crippen LogP contribution in [0, 0.1) is 6.92 Å². The molecule has 0 bridgehead atoms. The summed E-state index contributed by atoms with van der Waals surface area (Å²) in [5, 5.41) is 6.71. The van der Waals surface area contributed by atoms with Gasteiger partial charge in [0, 0.05) is 29.2 Å². The van der Waals surface area contributed by atoms with Crippen molar-refractivity contribution >= 4 is 11.0 Å². The summed E-state index contributed by atoms with van der Waals surface area (Å²) in [6, 6.07) is 5.98. The van der Waals surface area contributed by atoms with E-state index in [9.17, 15) is 0 Å². The van der Waals surface area contributed by atoms with Gasteiger partial charge in [0.25, 0.3) is 0 Å². The van der Waals surface area contributed by atoms with Crippen LogP contribution >= 0.6 is 0 Å². The lowest BCUT2D eigenvalue weighted by atomic mass is 10.1. The van der Waals surface area contributed by atoms with Crippen molar-refractivity contribution in [3.8, 4) is 11.1 Å². The summed E-state index contributed by atoms with van der Waals surface area (Å²) in [4.78, 5) is 8.83. The van der Waals surface area contributed by atoms with Crippen LogP contribution in [0.15, 0.2) is 36.8 Å². The number of aromatic nitrogens is 4. The largest absolute Gasteiger partial charge is 0.285 e. The Balaban J connectivity index is 0.000000574. The molecule has 4 nitrogen and oxygen atoms in total. The number of H-pyrrole nitrogens is 1. The molecule has 0 radical (unpaired) electrons. The van der Waals surface area contributed by atoms with Gasteiger partial charge in [-0.15, -0.1) is 0 Å². The molecule has 0 aliphatic heterocycles. The molecule has 0 aliphatic rings. The highest BCUT2D eigenvalue weighted by Gasteiger charge is 2.02. The Morgan fingerprint density at radius 2 is 1.83 bits per heavy atom. The molecule has 1 N–H and O–H groups in total. The van der Waals surface area contributed by atoms with Crippen LogP contribution in [0.2, 0.25) is 0 Å². The van der Waals surface area contributed by atoms with Crippen molar-refractivity contribution in [3.05, 3.63) is 42.5 Å². The standard InChI is InChI=1S/C12H10N4.C2H6/c1-8-2-3-11-12(16-8)4-9(5-13-11)10-6-14-15-7-10;1-2/h2-7H,1H3,(H,14,15);1-2H3. The number of nitrogens with zero attached hydrogens (tertiary/aromatic N) is 3. The summed E-state index contributed by atoms with van der Waals surface area (Å²) >= 11 is 0. The number of rotatable bonds is 1. The summed E-state index contributed by atoms with van der Waals surface area (Å²) in [5.74, 6) is 0. The number of hydrogen-bond donors (Lipinski definition) is 1. The van der Waals surface area contributed by atoms with Crippen LogP contribution in [-0.4, -0.2) is 20.2 Å². The Hall–Kier alpha value is -2.23. The van der Waals surface area contributed by atoms with Crippen molar-refractivity contribution in [1.82, 2.24) is 20.2 Å². The second-order valence-electron chi connectivity index (χ2n) is 3.70. The first-order chi connectivity index (χ1) is 8.83. The normalized spacial score (nSPS) is 9.94. The minimum atomic E-state index is 0.915. The summed E-state index contributed by atoms with van der Waals surface area (Å²) in [6.07, 6.45) is 5.46. The maximum atomic E-state index is 4.45. The lowest BCUT2D eigenvalue weighted by Crippen LogP contribution is -1.87. The molecule has 0 saturated carbocycles. The molecule has 0 aliphatic carbocycles. The van der Waals surface area contributed by atoms with E-state index in [1.54, 1.807) is 6.20 Å². The van der Waals surface area contributed by atoms with Gasteiger partial charge in [0.1, 0.15) is 0 Å². The van der Waals surface area contributed by atoms with E-state index in [0.717, 1.165) is 27.9 Å². The fraction of sp³-hybridized carbons (Fsp3) is 0.214. The Kier molecular flexibility index (Phi) is 3.67. The minimum Gasteiger partial charge on any atom is -0.285 e. The predicted octanol–water partition coefficient (Wildman–Crippen LogP) is 3.35. The number of nitrogens with one attached hydrogen (secondary N) is 1. The topological polar surface area (TPSA) is 54.5 Å². The van der Waals surface area contributed by atoms with Gasteiger partial charge in [-0.2, -0.15) is 5.10 Å². The summed E-state index contributed by atoms with van der Waals surface area (Å²) in [6.45, 7) is 5.98. The van der Waals surface area contributed by atoms with Gasteiger partial charge in [-0.05, 0) is 25.1 Å². The molecule has 3 aromatic rings. The zero-order chi connectivity index (χ0) is 13.0. The maximum Gasteiger partial charge on any atom is 0.0896 e. The third-order valence-electron chi connectivity index (χ3n) is 2.51. The average Bonchev–Trinajstić information content (AvgIpc) is 2.94. The number of aryl methyl sites for hydroxylation is 1. The zero-order valence-corrected chi connectivity index (χ0v) is 10.8. The van der Waals surface area contributed by atoms with Crippen molar-refractivity contribution in [1.29, 1.82) is 0 Å². The van der Waals surface area contributed by atoms with E-state index >= 15 is 0 Å². The second kappa shape index (κ2) is 5.40. The number of hydrogen-bond acceptors (Lipinski definition) is 3. The first-order valence-corrected chi connectivity index (χ1v) is 6.05. The fourth-order valence-corrected chi connectivity index (χ4v) is 1.68. The van der Waals surface area contributed by atoms with Crippen LogP contribution < -0.4 is 0 Å². The molecular formula is C14H16N4. The summed E-state index contributed by atoms with van der Waals surface area (Å²) in [7, 11) is 0. The van der Waals surface area contributed by atoms with E-state index < -0.39 is 0 Å². The molecule has 3 aromatic heterocycles. The van der Waals surface area contributed by atoms with Crippen LogP contribution in [0.5, 0.6) is 0 Å². The van der Waals surface area contributed by atoms with Crippen molar-refractivity contribution in [2.24, 2.45) is 0 Å². The number of pyridine rings is 2. The van der Waals surface area contributed by atoms with Gasteiger partial charge in [-0.1, -0.05) is 13.8 Å². The monoisotopic (exact) mass is 240 g/mol. The van der Waals surface area contributed by atoms with Crippen LogP contribution in [0.3, 0.4) is 0 Å². The Morgan fingerprint density at radius 1 is 1.00 bits per heavy atom. The smallest absolute Gasteiger partial charge is 0.0896 e. The van der Waals surface area contributed by atoms with Crippen LogP contribution in [-0.2, 0) is 0 Å². The third-order valence-corrected chi connectivity index (χ3v) is 2.51. The summed E-state index contributed by atoms with van der Waals surface area (Å²) < 4.78 is 0. The molecule has 0 spiro atoms. The SMILES string of the molecule is CC.Cc1ccc2ncc(-c3cn[nH]c3)cc2n1. The molecule has 0 unspecified atom stereocenters. The first kappa shape index (κ1) is 12.2. The lowest BCUT2D eigenvalue weighted by Gasteiger charge is -2.00. The molecule has 3 heterocycles. The molecule has 18 heavy (non-hydrogen) atoms. The van der Waals surface area contributed by atoms with Crippen LogP contribution in [0.1, 0.15) is 19.5 Å². The average molecular weight is 240 g/mol. The van der Waals surface area contributed by atoms with E-state index in [1.165, 1.54) is 0 Å². The Morgan fingerprint density at radius 3 is 2.56 bits per heavy atom. The van der Waals surface area contributed by atoms with Gasteiger partial charge < -0.3 is 0 Å². The van der Waals surface area contributed by atoms with Crippen molar-refractivity contribution in [2.75, 3.05) is 0 Å². The van der Waals surface area contributed by atoms with Crippen LogP contribution in [0.4, 0.5) is 0 Å². The third kappa shape index (κ3) is 2.37. The maximum absolute atomic E-state index is 4.45. The molecule has 0 aromatic carbocycles. The van der Waals surface area contributed by atoms with Gasteiger partial charge in [0.2, 0.25) is 0 Å². The van der Waals surface area contributed by atoms with Gasteiger partial charge in [0.05, 0.1) is 17.2 Å². The Labute approximate surface area is 106 Å². The highest BCUT2D eigenvalue weighted by atomic mass is 15.1. The quantitative estimate of drug-likeness (QED) is 0.709. The minimum absolute atomic E-state index is 0.915. The van der Waals surface area contributed by atoms with Crippen molar-refractivity contribution in [2.45, 2.75) is 20.8 Å². The van der Waals surface area contributed by atoms with Gasteiger partial charge in [-0.25, -0.2) is 0 Å². The molecule has 3 rings (SSSR count). The molecule has 0 amide bonds. The van der Waals surface area contributed by atoms with E-state index in [4.69, 9.17) is 0 Å². The fourth-order valence-electron chi connectivity index (χ4n) is 1.68. The van der Waals surface area contributed by atoms with E-state index in [1.807, 2.05) is 51.4 Å². The predicted molar refractivity (Wildman–Crippen MR) is 73.2 cm³/mol. The Bertz CT molecular complexity index is 629. The van der Waals surface area contributed by atoms with Gasteiger partial charge in [-0.3, -0.25) is 15.1 Å². The lowest BCUT2D eigenvalue weighted by molar-refractivity contribution is 1.09. The molecular weight excluding hydrogens is 224 g/mol. The zero-order valence-electron chi connectivity index (χ0n) is 10.8. The molecule has 4 heteroatoms. The highest BCUT2D eigenvalue weighted by molar-refractivity contribution is 5.79. The molecule has 0 saturated heterocycles. The highest BCUT2D eigenvalue weighted by Crippen LogP contribution is 2.20. The van der Waals surface area contributed by atoms with Crippen molar-refractivity contribution in [3.63, 3.8) is 0 Å². The van der Waals surface area contributed by atoms with E-state index in [2.05, 4.69) is 20.2 Å². The van der Waals surface area contributed by atoms with E-state index in [-0.39, 0.29) is 0 Å². The number of aromatic amines is 1.